The summed E-state index contributed by atoms with van der Waals surface area (Å²) in [6.45, 7) is 2.10. The molecule has 0 saturated heterocycles. The third-order valence-corrected chi connectivity index (χ3v) is 5.51. The van der Waals surface area contributed by atoms with Gasteiger partial charge in [-0.05, 0) is 36.2 Å². The lowest BCUT2D eigenvalue weighted by Crippen LogP contribution is -2.30. The maximum Gasteiger partial charge on any atom is 0.216 e. The first-order valence-electron chi connectivity index (χ1n) is 9.58. The molecule has 138 valence electrons. The minimum atomic E-state index is 0.617. The third kappa shape index (κ3) is 2.61. The monoisotopic (exact) mass is 375 g/mol. The molecule has 0 aliphatic heterocycles. The molecule has 0 atom stereocenters. The Morgan fingerprint density at radius 1 is 0.793 bits per heavy atom. The molecule has 2 heterocycles. The zero-order chi connectivity index (χ0) is 20.0. The van der Waals surface area contributed by atoms with E-state index in [0.717, 1.165) is 49.9 Å². The fourth-order valence-electron chi connectivity index (χ4n) is 4.09. The molecule has 3 nitrogen and oxygen atoms in total. The van der Waals surface area contributed by atoms with Crippen molar-refractivity contribution in [1.29, 1.82) is 5.26 Å². The Kier molecular flexibility index (Phi) is 3.93. The number of rotatable bonds is 2. The molecule has 0 saturated carbocycles. The molecule has 3 heteroatoms. The molecule has 0 aliphatic rings. The summed E-state index contributed by atoms with van der Waals surface area (Å²) in [5.74, 6) is 0. The Balaban J connectivity index is 1.94. The second-order valence-corrected chi connectivity index (χ2v) is 7.28. The van der Waals surface area contributed by atoms with Gasteiger partial charge in [0.15, 0.2) is 6.20 Å². The van der Waals surface area contributed by atoms with Gasteiger partial charge in [0.05, 0.1) is 17.2 Å². The van der Waals surface area contributed by atoms with Crippen LogP contribution in [0.4, 0.5) is 0 Å². The molecule has 29 heavy (non-hydrogen) atoms. The average molecular weight is 375 g/mol. The molecule has 0 radical (unpaired) electrons. The van der Waals surface area contributed by atoms with Crippen molar-refractivity contribution in [2.24, 2.45) is 7.05 Å². The van der Waals surface area contributed by atoms with Crippen LogP contribution in [0.25, 0.3) is 44.3 Å². The number of nitriles is 1. The van der Waals surface area contributed by atoms with Crippen LogP contribution in [0.15, 0.2) is 83.4 Å². The molecule has 5 aromatic rings. The minimum Gasteiger partial charge on any atom is -0.454 e. The SMILES string of the molecule is Cc1ccc2c(oc3c(-c4ccccc4)c(C#N)ccc32)c1-c1cccc[n+]1C. The number of hydrogen-bond acceptors (Lipinski definition) is 2. The van der Waals surface area contributed by atoms with Crippen molar-refractivity contribution in [3.05, 3.63) is 90.1 Å². The highest BCUT2D eigenvalue weighted by Gasteiger charge is 2.22. The quantitative estimate of drug-likeness (QED) is 0.359. The molecule has 3 aromatic carbocycles. The fraction of sp³-hybridized carbons (Fsp3) is 0.0769. The number of furan rings is 1. The molecule has 0 unspecified atom stereocenters. The van der Waals surface area contributed by atoms with E-state index in [-0.39, 0.29) is 0 Å². The normalized spacial score (nSPS) is 11.1. The van der Waals surface area contributed by atoms with Gasteiger partial charge in [-0.2, -0.15) is 5.26 Å². The zero-order valence-electron chi connectivity index (χ0n) is 16.3. The fourth-order valence-corrected chi connectivity index (χ4v) is 4.09. The number of benzene rings is 3. The molecule has 0 aliphatic carbocycles. The van der Waals surface area contributed by atoms with Crippen LogP contribution in [0, 0.1) is 18.3 Å². The van der Waals surface area contributed by atoms with Crippen molar-refractivity contribution in [2.45, 2.75) is 6.92 Å². The largest absolute Gasteiger partial charge is 0.454 e. The predicted octanol–water partition coefficient (Wildman–Crippen LogP) is 5.92. The van der Waals surface area contributed by atoms with Crippen molar-refractivity contribution in [3.8, 4) is 28.5 Å². The van der Waals surface area contributed by atoms with Gasteiger partial charge in [0.25, 0.3) is 0 Å². The molecule has 5 rings (SSSR count). The highest BCUT2D eigenvalue weighted by Crippen LogP contribution is 2.41. The molecular weight excluding hydrogens is 356 g/mol. The second-order valence-electron chi connectivity index (χ2n) is 7.28. The van der Waals surface area contributed by atoms with Gasteiger partial charge < -0.3 is 4.42 Å². The highest BCUT2D eigenvalue weighted by atomic mass is 16.3. The van der Waals surface area contributed by atoms with E-state index in [9.17, 15) is 5.26 Å². The van der Waals surface area contributed by atoms with Crippen LogP contribution in [0.2, 0.25) is 0 Å². The van der Waals surface area contributed by atoms with Crippen molar-refractivity contribution in [3.63, 3.8) is 0 Å². The van der Waals surface area contributed by atoms with E-state index in [0.29, 0.717) is 5.56 Å². The maximum atomic E-state index is 9.73. The van der Waals surface area contributed by atoms with Gasteiger partial charge in [-0.1, -0.05) is 42.5 Å². The average Bonchev–Trinajstić information content (AvgIpc) is 3.13. The van der Waals surface area contributed by atoms with Gasteiger partial charge in [0.1, 0.15) is 18.2 Å². The van der Waals surface area contributed by atoms with Gasteiger partial charge in [0, 0.05) is 28.5 Å². The number of aryl methyl sites for hydroxylation is 2. The van der Waals surface area contributed by atoms with Crippen LogP contribution in [-0.2, 0) is 7.05 Å². The molecule has 0 fully saturated rings. The van der Waals surface area contributed by atoms with Crippen molar-refractivity contribution in [1.82, 2.24) is 0 Å². The lowest BCUT2D eigenvalue weighted by Gasteiger charge is -2.05. The standard InChI is InChI=1S/C26H19N2O/c1-17-11-13-20-21-14-12-19(16-27)24(18-8-4-3-5-9-18)26(21)29-25(20)23(17)22-10-6-7-15-28(22)2/h3-15H,1-2H3/q+1. The summed E-state index contributed by atoms with van der Waals surface area (Å²) in [5, 5.41) is 11.8. The lowest BCUT2D eigenvalue weighted by molar-refractivity contribution is -0.660. The van der Waals surface area contributed by atoms with Gasteiger partial charge in [-0.3, -0.25) is 0 Å². The Bertz CT molecular complexity index is 1420. The summed E-state index contributed by atoms with van der Waals surface area (Å²) in [6.07, 6.45) is 2.04. The second kappa shape index (κ2) is 6.61. The smallest absolute Gasteiger partial charge is 0.216 e. The number of nitrogens with zero attached hydrogens (tertiary/aromatic N) is 2. The van der Waals surface area contributed by atoms with Crippen LogP contribution < -0.4 is 4.57 Å². The van der Waals surface area contributed by atoms with Crippen LogP contribution in [0.5, 0.6) is 0 Å². The van der Waals surface area contributed by atoms with Crippen LogP contribution in [0.3, 0.4) is 0 Å². The summed E-state index contributed by atoms with van der Waals surface area (Å²) in [4.78, 5) is 0. The van der Waals surface area contributed by atoms with Gasteiger partial charge in [0.2, 0.25) is 5.69 Å². The molecule has 2 aromatic heterocycles. The predicted molar refractivity (Wildman–Crippen MR) is 115 cm³/mol. The van der Waals surface area contributed by atoms with E-state index in [1.165, 1.54) is 0 Å². The Labute approximate surface area is 169 Å². The molecule has 0 N–H and O–H groups in total. The van der Waals surface area contributed by atoms with E-state index >= 15 is 0 Å². The minimum absolute atomic E-state index is 0.617. The summed E-state index contributed by atoms with van der Waals surface area (Å²) >= 11 is 0. The van der Waals surface area contributed by atoms with E-state index in [2.05, 4.69) is 35.8 Å². The number of fused-ring (bicyclic) bond motifs is 3. The number of pyridine rings is 1. The molecule has 0 bridgehead atoms. The molecule has 0 spiro atoms. The number of aromatic nitrogens is 1. The molecule has 0 amide bonds. The third-order valence-electron chi connectivity index (χ3n) is 5.51. The Hall–Kier alpha value is -3.90. The van der Waals surface area contributed by atoms with Crippen molar-refractivity contribution < 1.29 is 8.98 Å². The van der Waals surface area contributed by atoms with Gasteiger partial charge in [-0.25, -0.2) is 4.57 Å². The van der Waals surface area contributed by atoms with Gasteiger partial charge in [-0.15, -0.1) is 0 Å². The first kappa shape index (κ1) is 17.2. The zero-order valence-corrected chi connectivity index (χ0v) is 16.3. The van der Waals surface area contributed by atoms with E-state index < -0.39 is 0 Å². The number of hydrogen-bond donors (Lipinski definition) is 0. The maximum absolute atomic E-state index is 9.73. The van der Waals surface area contributed by atoms with Crippen LogP contribution in [0.1, 0.15) is 11.1 Å². The first-order chi connectivity index (χ1) is 14.2. The van der Waals surface area contributed by atoms with Crippen molar-refractivity contribution in [2.75, 3.05) is 0 Å². The summed E-state index contributed by atoms with van der Waals surface area (Å²) < 4.78 is 8.64. The Morgan fingerprint density at radius 3 is 2.21 bits per heavy atom. The summed E-state index contributed by atoms with van der Waals surface area (Å²) in [7, 11) is 2.04. The van der Waals surface area contributed by atoms with E-state index in [1.807, 2.05) is 67.8 Å². The van der Waals surface area contributed by atoms with Crippen LogP contribution >= 0.6 is 0 Å². The Morgan fingerprint density at radius 2 is 1.48 bits per heavy atom. The van der Waals surface area contributed by atoms with Crippen molar-refractivity contribution >= 4 is 21.9 Å². The van der Waals surface area contributed by atoms with E-state index in [1.54, 1.807) is 0 Å². The topological polar surface area (TPSA) is 40.8 Å². The lowest BCUT2D eigenvalue weighted by atomic mass is 9.96. The van der Waals surface area contributed by atoms with Gasteiger partial charge >= 0.3 is 0 Å². The molecular formula is C26H19N2O+. The van der Waals surface area contributed by atoms with E-state index in [4.69, 9.17) is 4.42 Å². The summed E-state index contributed by atoms with van der Waals surface area (Å²) in [5.41, 5.74) is 7.40. The summed E-state index contributed by atoms with van der Waals surface area (Å²) in [6, 6.07) is 26.6. The first-order valence-corrected chi connectivity index (χ1v) is 9.58. The van der Waals surface area contributed by atoms with Crippen LogP contribution in [-0.4, -0.2) is 0 Å². The highest BCUT2D eigenvalue weighted by molar-refractivity contribution is 6.13.